The number of fused-ring (bicyclic) bond motifs is 5. The Hall–Kier alpha value is -3.75. The Bertz CT molecular complexity index is 1880. The zero-order valence-electron chi connectivity index (χ0n) is 29.4. The third-order valence-electron chi connectivity index (χ3n) is 8.32. The summed E-state index contributed by atoms with van der Waals surface area (Å²) in [7, 11) is 4.99. The summed E-state index contributed by atoms with van der Waals surface area (Å²) in [6.07, 6.45) is 5.40. The largest absolute Gasteiger partial charge is 4.00 e. The topological polar surface area (TPSA) is 27.7 Å². The van der Waals surface area contributed by atoms with E-state index < -0.39 is 0 Å². The molecule has 0 bridgehead atoms. The molecule has 0 heterocycles. The number of unbranched alkanes of at least 4 members (excludes halogenated alkanes) is 2. The van der Waals surface area contributed by atoms with E-state index in [1.54, 1.807) is 21.3 Å². The fourth-order valence-electron chi connectivity index (χ4n) is 5.69. The van der Waals surface area contributed by atoms with Gasteiger partial charge in [0.2, 0.25) is 0 Å². The Labute approximate surface area is 307 Å². The molecule has 0 saturated heterocycles. The molecule has 6 aromatic rings. The van der Waals surface area contributed by atoms with Gasteiger partial charge in [0.05, 0.1) is 27.1 Å². The van der Waals surface area contributed by atoms with Crippen molar-refractivity contribution in [3.63, 3.8) is 0 Å². The van der Waals surface area contributed by atoms with E-state index in [2.05, 4.69) is 126 Å². The Kier molecular flexibility index (Phi) is 15.6. The molecule has 1 aliphatic rings. The molecule has 0 saturated carbocycles. The van der Waals surface area contributed by atoms with Crippen LogP contribution in [0.5, 0.6) is 17.2 Å². The van der Waals surface area contributed by atoms with Crippen molar-refractivity contribution in [2.24, 2.45) is 0 Å². The van der Waals surface area contributed by atoms with Gasteiger partial charge in [-0.15, -0.1) is 58.3 Å². The summed E-state index contributed by atoms with van der Waals surface area (Å²) in [5, 5.41) is 5.33. The minimum Gasteiger partial charge on any atom is -0.551 e. The molecule has 246 valence electrons. The van der Waals surface area contributed by atoms with Gasteiger partial charge in [0.15, 0.2) is 0 Å². The molecule has 0 aromatic heterocycles. The molecule has 48 heavy (non-hydrogen) atoms. The molecule has 0 radical (unpaired) electrons. The molecule has 0 unspecified atom stereocenters. The zero-order chi connectivity index (χ0) is 33.8. The van der Waals surface area contributed by atoms with Gasteiger partial charge in [0.25, 0.3) is 0 Å². The van der Waals surface area contributed by atoms with Gasteiger partial charge in [-0.25, -0.2) is 0 Å². The van der Waals surface area contributed by atoms with Crippen LogP contribution < -0.4 is 14.2 Å². The van der Waals surface area contributed by atoms with Crippen molar-refractivity contribution in [3.05, 3.63) is 134 Å². The standard InChI is InChI=1S/C20H15.C16H15O3.2C4H9.Zr/c1-14-6-4-10-18-16(14)9-5-11-19(18)20-13-12-15-7-2-3-8-17(15)20;1-17-12-5-6-13-11(9-12)8-10-4-7-14(18-2)16(19-3)15(10)13;2*1-3-4-2;/h2-13H,1H3;5-7,9H,8H2,1-3H3;2*1,3-4H2,2H3;/q4*-1;+4. The van der Waals surface area contributed by atoms with Crippen LogP contribution in [0.1, 0.15) is 56.2 Å². The van der Waals surface area contributed by atoms with Gasteiger partial charge < -0.3 is 28.1 Å². The second-order valence-electron chi connectivity index (χ2n) is 11.5. The van der Waals surface area contributed by atoms with Crippen LogP contribution in [0, 0.1) is 26.8 Å². The molecule has 0 aliphatic heterocycles. The summed E-state index contributed by atoms with van der Waals surface area (Å²) in [5.74, 6) is 2.36. The quantitative estimate of drug-likeness (QED) is 0.160. The molecule has 3 nitrogen and oxygen atoms in total. The maximum absolute atomic E-state index is 5.52. The maximum Gasteiger partial charge on any atom is 4.00 e. The van der Waals surface area contributed by atoms with E-state index in [-0.39, 0.29) is 26.2 Å². The van der Waals surface area contributed by atoms with E-state index in [1.807, 2.05) is 12.1 Å². The second-order valence-corrected chi connectivity index (χ2v) is 11.5. The first-order valence-electron chi connectivity index (χ1n) is 16.5. The number of hydrogen-bond acceptors (Lipinski definition) is 3. The first-order chi connectivity index (χ1) is 23.0. The SMILES string of the molecule is COc1ccc2c(c1)Cc1[c-]cc(OC)c(OC)c1-2.Cc1cccc2c(-c3c[cH-]c4ccccc34)cccc12.[CH2-]CCC.[CH2-]CCC.[Zr+4]. The third-order valence-corrected chi connectivity index (χ3v) is 8.32. The normalized spacial score (nSPS) is 10.6. The molecular formula is C44H48O3Zr. The van der Waals surface area contributed by atoms with E-state index >= 15 is 0 Å². The Morgan fingerprint density at radius 2 is 1.40 bits per heavy atom. The zero-order valence-corrected chi connectivity index (χ0v) is 31.9. The minimum atomic E-state index is 0. The molecular weight excluding hydrogens is 668 g/mol. The van der Waals surface area contributed by atoms with Crippen LogP contribution in [0.15, 0.2) is 97.1 Å². The van der Waals surface area contributed by atoms with Gasteiger partial charge in [-0.3, -0.25) is 0 Å². The molecule has 1 aliphatic carbocycles. The predicted octanol–water partition coefficient (Wildman–Crippen LogP) is 12.0. The average molecular weight is 716 g/mol. The van der Waals surface area contributed by atoms with Gasteiger partial charge >= 0.3 is 26.2 Å². The van der Waals surface area contributed by atoms with Crippen molar-refractivity contribution >= 4 is 21.5 Å². The fourth-order valence-corrected chi connectivity index (χ4v) is 5.69. The van der Waals surface area contributed by atoms with Crippen molar-refractivity contribution < 1.29 is 40.4 Å². The molecule has 0 N–H and O–H groups in total. The van der Waals surface area contributed by atoms with Crippen LogP contribution >= 0.6 is 0 Å². The summed E-state index contributed by atoms with van der Waals surface area (Å²) in [4.78, 5) is 0. The van der Waals surface area contributed by atoms with Crippen molar-refractivity contribution in [1.29, 1.82) is 0 Å². The van der Waals surface area contributed by atoms with Crippen molar-refractivity contribution in [2.45, 2.75) is 52.9 Å². The van der Waals surface area contributed by atoms with Crippen molar-refractivity contribution in [2.75, 3.05) is 21.3 Å². The summed E-state index contributed by atoms with van der Waals surface area (Å²) in [5.41, 5.74) is 8.62. The number of hydrogen-bond donors (Lipinski definition) is 0. The summed E-state index contributed by atoms with van der Waals surface area (Å²) in [6, 6.07) is 37.4. The molecule has 0 fully saturated rings. The van der Waals surface area contributed by atoms with Gasteiger partial charge in [0.1, 0.15) is 5.75 Å². The van der Waals surface area contributed by atoms with Gasteiger partial charge in [0, 0.05) is 5.75 Å². The third kappa shape index (κ3) is 8.83. The average Bonchev–Trinajstić information content (AvgIpc) is 3.73. The molecule has 7 rings (SSSR count). The van der Waals surface area contributed by atoms with E-state index in [0.717, 1.165) is 41.9 Å². The Balaban J connectivity index is 0.000000210. The molecule has 6 aromatic carbocycles. The first-order valence-corrected chi connectivity index (χ1v) is 16.5. The number of methoxy groups -OCH3 is 3. The van der Waals surface area contributed by atoms with Gasteiger partial charge in [-0.1, -0.05) is 91.9 Å². The predicted molar refractivity (Wildman–Crippen MR) is 201 cm³/mol. The number of rotatable bonds is 6. The molecule has 4 heteroatoms. The van der Waals surface area contributed by atoms with E-state index in [4.69, 9.17) is 14.2 Å². The van der Waals surface area contributed by atoms with Crippen molar-refractivity contribution in [3.8, 4) is 39.5 Å². The fraction of sp³-hybridized carbons (Fsp3) is 0.250. The number of ether oxygens (including phenoxy) is 3. The summed E-state index contributed by atoms with van der Waals surface area (Å²) in [6.45, 7) is 13.6. The van der Waals surface area contributed by atoms with Crippen LogP contribution in [-0.2, 0) is 32.6 Å². The maximum atomic E-state index is 5.52. The monoisotopic (exact) mass is 714 g/mol. The van der Waals surface area contributed by atoms with Crippen LogP contribution in [0.4, 0.5) is 0 Å². The van der Waals surface area contributed by atoms with E-state index in [0.29, 0.717) is 5.75 Å². The van der Waals surface area contributed by atoms with Crippen LogP contribution in [-0.4, -0.2) is 21.3 Å². The van der Waals surface area contributed by atoms with Crippen LogP contribution in [0.3, 0.4) is 0 Å². The molecule has 0 amide bonds. The van der Waals surface area contributed by atoms with Gasteiger partial charge in [-0.05, 0) is 47.4 Å². The molecule has 0 atom stereocenters. The van der Waals surface area contributed by atoms with E-state index in [9.17, 15) is 0 Å². The molecule has 0 spiro atoms. The van der Waals surface area contributed by atoms with Crippen molar-refractivity contribution in [1.82, 2.24) is 0 Å². The summed E-state index contributed by atoms with van der Waals surface area (Å²) >= 11 is 0. The number of benzene rings is 5. The van der Waals surface area contributed by atoms with Crippen LogP contribution in [0.25, 0.3) is 43.8 Å². The summed E-state index contributed by atoms with van der Waals surface area (Å²) < 4.78 is 16.1. The first kappa shape index (κ1) is 38.7. The minimum absolute atomic E-state index is 0. The smallest absolute Gasteiger partial charge is 0.551 e. The van der Waals surface area contributed by atoms with E-state index in [1.165, 1.54) is 62.2 Å². The van der Waals surface area contributed by atoms with Crippen LogP contribution in [0.2, 0.25) is 0 Å². The Morgan fingerprint density at radius 1 is 0.729 bits per heavy atom. The van der Waals surface area contributed by atoms with Gasteiger partial charge in [-0.2, -0.15) is 18.9 Å². The Morgan fingerprint density at radius 3 is 2.06 bits per heavy atom. The second kappa shape index (κ2) is 19.3. The number of aryl methyl sites for hydroxylation is 1.